The number of ether oxygens (including phenoxy) is 2. The topological polar surface area (TPSA) is 392 Å². The van der Waals surface area contributed by atoms with Gasteiger partial charge in [-0.05, 0) is 150 Å². The summed E-state index contributed by atoms with van der Waals surface area (Å²) < 4.78 is 9.73. The Morgan fingerprint density at radius 1 is 0.402 bits per heavy atom. The molecule has 0 saturated carbocycles. The van der Waals surface area contributed by atoms with Gasteiger partial charge in [-0.25, -0.2) is 24.0 Å². The zero-order valence-electron chi connectivity index (χ0n) is 59.8. The number of fused-ring (bicyclic) bond motifs is 3. The lowest BCUT2D eigenvalue weighted by molar-refractivity contribution is -0.137. The maximum atomic E-state index is 12.9. The molecule has 0 spiro atoms. The van der Waals surface area contributed by atoms with Crippen LogP contribution in [0.4, 0.5) is 14.4 Å². The lowest BCUT2D eigenvalue weighted by Crippen LogP contribution is -2.36. The number of carboxylic acid groups (broad SMARTS) is 1. The van der Waals surface area contributed by atoms with Gasteiger partial charge in [-0.15, -0.1) is 0 Å². The summed E-state index contributed by atoms with van der Waals surface area (Å²) in [6.07, 6.45) is 21.9. The number of methoxy groups -OCH3 is 2. The Morgan fingerprint density at radius 3 is 0.990 bits per heavy atom. The molecule has 6 aliphatic rings. The van der Waals surface area contributed by atoms with Gasteiger partial charge in [0.2, 0.25) is 11.8 Å². The van der Waals surface area contributed by atoms with E-state index in [4.69, 9.17) is 26.0 Å². The molecule has 6 aliphatic heterocycles. The fraction of sp³-hybridized carbons (Fsp3) is 0.676. The number of aliphatic carboxylic acids is 1. The quantitative estimate of drug-likeness (QED) is 0.0170. The summed E-state index contributed by atoms with van der Waals surface area (Å²) in [6, 6.07) is 11.5. The molecule has 28 heteroatoms. The molecule has 566 valence electrons. The van der Waals surface area contributed by atoms with Crippen LogP contribution in [-0.4, -0.2) is 186 Å². The van der Waals surface area contributed by atoms with Crippen molar-refractivity contribution in [1.29, 1.82) is 0 Å². The minimum atomic E-state index is -0.729. The highest BCUT2D eigenvalue weighted by Crippen LogP contribution is 2.36. The van der Waals surface area contributed by atoms with E-state index in [1.165, 1.54) is 14.2 Å². The molecule has 13 N–H and O–H groups in total. The van der Waals surface area contributed by atoms with Gasteiger partial charge in [0.15, 0.2) is 0 Å². The Labute approximate surface area is 613 Å². The van der Waals surface area contributed by atoms with Crippen LogP contribution in [0.15, 0.2) is 36.4 Å². The summed E-state index contributed by atoms with van der Waals surface area (Å²) in [4.78, 5) is 144. The summed E-state index contributed by atoms with van der Waals surface area (Å²) in [7, 11) is 2.62. The number of carbonyl (C=O) groups excluding carboxylic acids is 11. The van der Waals surface area contributed by atoms with Crippen molar-refractivity contribution >= 4 is 106 Å². The number of unbranched alkanes of at least 4 members (excludes halogenated alkanes) is 11. The van der Waals surface area contributed by atoms with Gasteiger partial charge in [-0.2, -0.15) is 35.3 Å². The average molecular weight is 1480 g/mol. The Hall–Kier alpha value is -6.75. The number of urea groups is 3. The Morgan fingerprint density at radius 2 is 0.696 bits per heavy atom. The summed E-state index contributed by atoms with van der Waals surface area (Å²) in [5.41, 5.74) is 14.5. The van der Waals surface area contributed by atoms with Crippen LogP contribution in [0, 0.1) is 0 Å². The molecule has 25 nitrogen and oxygen atoms in total. The van der Waals surface area contributed by atoms with E-state index in [0.29, 0.717) is 116 Å². The molecule has 0 bridgehead atoms. The fourth-order valence-electron chi connectivity index (χ4n) is 13.6. The number of Topliss-reactive ketones (excluding diaryl/α,β-unsaturated/α-hetero) is 4. The summed E-state index contributed by atoms with van der Waals surface area (Å²) in [5.74, 6) is 1.56. The fourth-order valence-corrected chi connectivity index (χ4v) is 18.3. The standard InChI is InChI=1S/C42H62N6O8S2.C22H34N2O4.C10H16N2O3S/c1-56-40(53)29-21-27(23-30(49)12-4-2-10-18-43-36(51)16-8-6-14-34-38-32(25-57-34)45-41(54)47-38)20-28(22-29)24-31(50)13-5-3-11-19-44-37(52)17-9-7-15-35-39-33(26-58-35)46-42(55)48-39;1-28-22(27)19-13-17(15-20(25)8-4-2-6-10-23)12-18(14-19)16-21(26)9-5-3-7-11-24;13-8(14)4-2-1-3-7-9-6(5-16-7)11-10(15)12-9/h20-22,32-35,38-39H,2-19,23-26H2,1H3,(H,43,51)(H,44,52)(H2,45,47,54)(H2,46,48,55);12-14H,2-11,15-16,23-24H2,1H3;6-7,9H,1-5H2,(H,13,14)(H2,11,12,15). The van der Waals surface area contributed by atoms with E-state index in [9.17, 15) is 57.5 Å². The minimum Gasteiger partial charge on any atom is -0.481 e. The zero-order valence-corrected chi connectivity index (χ0v) is 62.2. The monoisotopic (exact) mass is 1480 g/mol. The number of esters is 2. The van der Waals surface area contributed by atoms with E-state index in [2.05, 4.69) is 42.5 Å². The minimum absolute atomic E-state index is 0.0421. The van der Waals surface area contributed by atoms with E-state index in [1.807, 2.05) is 47.4 Å². The third-order valence-electron chi connectivity index (χ3n) is 19.0. The Balaban J connectivity index is 0.000000303. The summed E-state index contributed by atoms with van der Waals surface area (Å²) in [6.45, 7) is 2.43. The number of nitrogens with one attached hydrogen (secondary N) is 8. The van der Waals surface area contributed by atoms with Gasteiger partial charge in [-0.1, -0.05) is 57.1 Å². The van der Waals surface area contributed by atoms with Crippen molar-refractivity contribution in [2.45, 2.75) is 257 Å². The normalized spacial score (nSPS) is 21.0. The van der Waals surface area contributed by atoms with E-state index >= 15 is 0 Å². The highest BCUT2D eigenvalue weighted by molar-refractivity contribution is 8.00. The van der Waals surface area contributed by atoms with Crippen molar-refractivity contribution in [3.05, 3.63) is 69.8 Å². The number of hydrogen-bond acceptors (Lipinski definition) is 19. The maximum Gasteiger partial charge on any atom is 0.337 e. The number of carbonyl (C=O) groups is 12. The molecule has 8 amide bonds. The van der Waals surface area contributed by atoms with Crippen molar-refractivity contribution in [3.8, 4) is 0 Å². The van der Waals surface area contributed by atoms with Crippen molar-refractivity contribution in [2.24, 2.45) is 11.5 Å². The second kappa shape index (κ2) is 46.9. The predicted octanol–water partition coefficient (Wildman–Crippen LogP) is 8.03. The largest absolute Gasteiger partial charge is 0.481 e. The van der Waals surface area contributed by atoms with Crippen LogP contribution in [0.5, 0.6) is 0 Å². The third-order valence-corrected chi connectivity index (χ3v) is 23.5. The van der Waals surface area contributed by atoms with Crippen molar-refractivity contribution in [1.82, 2.24) is 42.5 Å². The molecular formula is C74H112N10O15S3. The van der Waals surface area contributed by atoms with Crippen LogP contribution in [0.3, 0.4) is 0 Å². The van der Waals surface area contributed by atoms with Gasteiger partial charge in [0.25, 0.3) is 0 Å². The van der Waals surface area contributed by atoms with Gasteiger partial charge >= 0.3 is 36.0 Å². The Kier molecular flexibility index (Phi) is 38.7. The van der Waals surface area contributed by atoms with Crippen molar-refractivity contribution < 1.29 is 72.1 Å². The van der Waals surface area contributed by atoms with Gasteiger partial charge in [-0.3, -0.25) is 33.6 Å². The molecule has 0 radical (unpaired) electrons. The second-order valence-corrected chi connectivity index (χ2v) is 31.3. The SMILES string of the molecule is COC(=O)c1cc(CC(=O)CCCCCN)cc(CC(=O)CCCCCN)c1.COC(=O)c1cc(CC(=O)CCCCCNC(=O)CCCCC2SCC3NC(=O)NC32)cc(CC(=O)CCCCCNC(=O)CCCCC2SCC3NC(=O)NC32)c1.O=C(O)CCCCC1SCC2NC(=O)NC21. The molecule has 6 heterocycles. The smallest absolute Gasteiger partial charge is 0.337 e. The predicted molar refractivity (Wildman–Crippen MR) is 398 cm³/mol. The molecule has 2 aromatic rings. The molecular weight excluding hydrogens is 1370 g/mol. The van der Waals surface area contributed by atoms with Gasteiger partial charge in [0.1, 0.15) is 23.1 Å². The summed E-state index contributed by atoms with van der Waals surface area (Å²) in [5, 5.41) is 33.5. The molecule has 8 rings (SSSR count). The van der Waals surface area contributed by atoms with Crippen molar-refractivity contribution in [2.75, 3.05) is 57.7 Å². The lowest BCUT2D eigenvalue weighted by Gasteiger charge is -2.16. The number of rotatable bonds is 47. The van der Waals surface area contributed by atoms with Crippen LogP contribution in [0.25, 0.3) is 0 Å². The van der Waals surface area contributed by atoms with E-state index in [0.717, 1.165) is 150 Å². The number of amides is 8. The third kappa shape index (κ3) is 31.3. The first-order chi connectivity index (χ1) is 49.2. The highest BCUT2D eigenvalue weighted by atomic mass is 32.2. The van der Waals surface area contributed by atoms with Crippen LogP contribution < -0.4 is 54.0 Å². The Bertz CT molecular complexity index is 2960. The molecule has 0 aromatic heterocycles. The zero-order chi connectivity index (χ0) is 73.6. The van der Waals surface area contributed by atoms with Crippen LogP contribution >= 0.6 is 35.3 Å². The molecule has 6 fully saturated rings. The molecule has 9 unspecified atom stereocenters. The second-order valence-electron chi connectivity index (χ2n) is 27.4. The molecule has 0 aliphatic carbocycles. The van der Waals surface area contributed by atoms with Gasteiger partial charge in [0, 0.05) is 117 Å². The highest BCUT2D eigenvalue weighted by Gasteiger charge is 2.45. The van der Waals surface area contributed by atoms with Crippen LogP contribution in [0.1, 0.15) is 223 Å². The number of nitrogens with two attached hydrogens (primary N) is 2. The molecule has 6 saturated heterocycles. The first-order valence-electron chi connectivity index (χ1n) is 36.9. The maximum absolute atomic E-state index is 12.9. The molecule has 9 atom stereocenters. The first-order valence-corrected chi connectivity index (χ1v) is 40.1. The van der Waals surface area contributed by atoms with Gasteiger partial charge in [0.05, 0.1) is 61.6 Å². The van der Waals surface area contributed by atoms with E-state index in [-0.39, 0.29) is 121 Å². The lowest BCUT2D eigenvalue weighted by atomic mass is 9.96. The number of hydrogen-bond donors (Lipinski definition) is 11. The molecule has 102 heavy (non-hydrogen) atoms. The first kappa shape index (κ1) is 84.2. The number of thioether (sulfide) groups is 3. The average Bonchev–Trinajstić information content (AvgIpc) is 1.76. The number of ketones is 4. The van der Waals surface area contributed by atoms with E-state index < -0.39 is 17.9 Å². The summed E-state index contributed by atoms with van der Waals surface area (Å²) >= 11 is 5.64. The van der Waals surface area contributed by atoms with Crippen LogP contribution in [0.2, 0.25) is 0 Å². The molecule has 2 aromatic carbocycles. The van der Waals surface area contributed by atoms with Gasteiger partial charge < -0.3 is 68.6 Å². The van der Waals surface area contributed by atoms with Crippen LogP contribution in [-0.2, 0) is 68.7 Å². The number of benzene rings is 2. The number of carboxylic acids is 1. The van der Waals surface area contributed by atoms with Crippen molar-refractivity contribution in [3.63, 3.8) is 0 Å². The van der Waals surface area contributed by atoms with E-state index in [1.54, 1.807) is 24.3 Å².